The van der Waals surface area contributed by atoms with Crippen molar-refractivity contribution in [3.8, 4) is 0 Å². The van der Waals surface area contributed by atoms with Gasteiger partial charge in [-0.25, -0.2) is 8.75 Å². The molecule has 9 heteroatoms. The maximum absolute atomic E-state index is 11.8. The molecule has 0 aliphatic rings. The van der Waals surface area contributed by atoms with Gasteiger partial charge in [-0.05, 0) is 11.6 Å². The molecule has 94 valence electrons. The molecule has 0 saturated heterocycles. The van der Waals surface area contributed by atoms with Crippen LogP contribution in [0.1, 0.15) is 5.56 Å². The van der Waals surface area contributed by atoms with Gasteiger partial charge in [0.1, 0.15) is 4.90 Å². The SMILES string of the molecule is NCc1cccc(Cl)c1S(=O)(=O)OCOP=O. The average Bonchev–Trinajstić information content (AvgIpc) is 2.28. The summed E-state index contributed by atoms with van der Waals surface area (Å²) in [5.74, 6) is 0. The first-order chi connectivity index (χ1) is 8.03. The van der Waals surface area contributed by atoms with Crippen LogP contribution < -0.4 is 5.73 Å². The minimum atomic E-state index is -4.09. The van der Waals surface area contributed by atoms with E-state index < -0.39 is 25.6 Å². The Hall–Kier alpha value is -0.560. The highest BCUT2D eigenvalue weighted by Crippen LogP contribution is 2.26. The monoisotopic (exact) mass is 297 g/mol. The summed E-state index contributed by atoms with van der Waals surface area (Å²) >= 11 is 5.79. The van der Waals surface area contributed by atoms with Gasteiger partial charge in [0, 0.05) is 6.54 Å². The van der Waals surface area contributed by atoms with Gasteiger partial charge >= 0.3 is 18.8 Å². The normalized spacial score (nSPS) is 11.9. The number of hydrogen-bond acceptors (Lipinski definition) is 6. The summed E-state index contributed by atoms with van der Waals surface area (Å²) in [5, 5.41) is 0.00706. The van der Waals surface area contributed by atoms with Crippen LogP contribution in [0.5, 0.6) is 0 Å². The Morgan fingerprint density at radius 1 is 1.41 bits per heavy atom. The summed E-state index contributed by atoms with van der Waals surface area (Å²) in [6.07, 6.45) is 0. The van der Waals surface area contributed by atoms with Crippen LogP contribution in [0, 0.1) is 0 Å². The number of nitrogens with two attached hydrogens (primary N) is 1. The Bertz CT molecular complexity index is 507. The topological polar surface area (TPSA) is 95.7 Å². The van der Waals surface area contributed by atoms with Gasteiger partial charge in [-0.2, -0.15) is 8.42 Å². The minimum absolute atomic E-state index is 0.000847. The standard InChI is InChI=1S/C8H9ClNO5PS/c9-7-3-1-2-6(4-10)8(7)17(12,13)15-5-14-16-11/h1-3H,4-5,10H2. The van der Waals surface area contributed by atoms with E-state index in [1.807, 2.05) is 0 Å². The zero-order valence-electron chi connectivity index (χ0n) is 8.50. The quantitative estimate of drug-likeness (QED) is 0.371. The van der Waals surface area contributed by atoms with Crippen molar-refractivity contribution in [3.05, 3.63) is 28.8 Å². The van der Waals surface area contributed by atoms with Crippen molar-refractivity contribution in [3.63, 3.8) is 0 Å². The fraction of sp³-hybridized carbons (Fsp3) is 0.250. The van der Waals surface area contributed by atoms with Crippen molar-refractivity contribution in [1.82, 2.24) is 0 Å². The Morgan fingerprint density at radius 3 is 2.71 bits per heavy atom. The molecular weight excluding hydrogens is 289 g/mol. The molecule has 0 aromatic heterocycles. The third-order valence-electron chi connectivity index (χ3n) is 1.83. The van der Waals surface area contributed by atoms with Gasteiger partial charge in [0.05, 0.1) is 5.02 Å². The number of halogens is 1. The molecule has 6 nitrogen and oxygen atoms in total. The molecular formula is C8H9ClNO5PS. The van der Waals surface area contributed by atoms with E-state index in [9.17, 15) is 13.0 Å². The van der Waals surface area contributed by atoms with E-state index in [4.69, 9.17) is 17.3 Å². The second-order valence-electron chi connectivity index (χ2n) is 2.83. The molecule has 0 fully saturated rings. The highest BCUT2D eigenvalue weighted by Gasteiger charge is 2.22. The highest BCUT2D eigenvalue weighted by atomic mass is 35.5. The molecule has 0 amide bonds. The lowest BCUT2D eigenvalue weighted by Crippen LogP contribution is -2.12. The predicted molar refractivity (Wildman–Crippen MR) is 61.2 cm³/mol. The zero-order valence-corrected chi connectivity index (χ0v) is 11.0. The maximum Gasteiger partial charge on any atom is 0.329 e. The van der Waals surface area contributed by atoms with E-state index >= 15 is 0 Å². The van der Waals surface area contributed by atoms with Crippen LogP contribution in [0.2, 0.25) is 5.02 Å². The predicted octanol–water partition coefficient (Wildman–Crippen LogP) is 1.68. The van der Waals surface area contributed by atoms with Gasteiger partial charge in [-0.15, -0.1) is 0 Å². The molecule has 0 spiro atoms. The first kappa shape index (κ1) is 14.5. The van der Waals surface area contributed by atoms with Gasteiger partial charge in [0.2, 0.25) is 0 Å². The van der Waals surface area contributed by atoms with Gasteiger partial charge in [0.25, 0.3) is 0 Å². The second kappa shape index (κ2) is 6.39. The first-order valence-corrected chi connectivity index (χ1v) is 6.86. The highest BCUT2D eigenvalue weighted by molar-refractivity contribution is 7.87. The lowest BCUT2D eigenvalue weighted by atomic mass is 10.2. The van der Waals surface area contributed by atoms with E-state index in [1.54, 1.807) is 6.07 Å². The van der Waals surface area contributed by atoms with Crippen LogP contribution in [0.3, 0.4) is 0 Å². The van der Waals surface area contributed by atoms with Crippen LogP contribution in [-0.2, 0) is 29.9 Å². The molecule has 0 saturated carbocycles. The molecule has 2 N–H and O–H groups in total. The van der Waals surface area contributed by atoms with E-state index in [0.29, 0.717) is 5.56 Å². The molecule has 0 aliphatic heterocycles. The Morgan fingerprint density at radius 2 is 2.12 bits per heavy atom. The zero-order chi connectivity index (χ0) is 12.9. The number of hydrogen-bond donors (Lipinski definition) is 1. The third-order valence-corrected chi connectivity index (χ3v) is 3.85. The number of rotatable bonds is 6. The van der Waals surface area contributed by atoms with Crippen molar-refractivity contribution < 1.29 is 21.7 Å². The minimum Gasteiger partial charge on any atom is -0.326 e. The fourth-order valence-corrected chi connectivity index (χ4v) is 2.88. The van der Waals surface area contributed by atoms with Crippen molar-refractivity contribution >= 4 is 30.4 Å². The molecule has 1 aromatic rings. The van der Waals surface area contributed by atoms with Gasteiger partial charge in [-0.3, -0.25) is 4.52 Å². The molecule has 0 radical (unpaired) electrons. The molecule has 1 rings (SSSR count). The Balaban J connectivity index is 3.09. The summed E-state index contributed by atoms with van der Waals surface area (Å²) in [5.41, 5.74) is 5.74. The largest absolute Gasteiger partial charge is 0.329 e. The molecule has 17 heavy (non-hydrogen) atoms. The summed E-state index contributed by atoms with van der Waals surface area (Å²) in [7, 11) is -4.76. The Kier molecular flexibility index (Phi) is 5.45. The molecule has 0 atom stereocenters. The molecule has 0 aliphatic carbocycles. The van der Waals surface area contributed by atoms with E-state index in [2.05, 4.69) is 8.71 Å². The van der Waals surface area contributed by atoms with E-state index in [0.717, 1.165) is 0 Å². The van der Waals surface area contributed by atoms with Crippen LogP contribution >= 0.6 is 20.3 Å². The fourth-order valence-electron chi connectivity index (χ4n) is 1.16. The van der Waals surface area contributed by atoms with Crippen molar-refractivity contribution in [2.45, 2.75) is 11.4 Å². The van der Waals surface area contributed by atoms with Crippen LogP contribution in [0.15, 0.2) is 23.1 Å². The molecule has 0 bridgehead atoms. The summed E-state index contributed by atoms with van der Waals surface area (Å²) in [6.45, 7) is -0.665. The summed E-state index contributed by atoms with van der Waals surface area (Å²) in [6, 6.07) is 4.51. The van der Waals surface area contributed by atoms with Crippen molar-refractivity contribution in [1.29, 1.82) is 0 Å². The van der Waals surface area contributed by atoms with Gasteiger partial charge < -0.3 is 5.73 Å². The first-order valence-electron chi connectivity index (χ1n) is 4.34. The third kappa shape index (κ3) is 3.70. The lowest BCUT2D eigenvalue weighted by molar-refractivity contribution is 0.140. The van der Waals surface area contributed by atoms with E-state index in [1.165, 1.54) is 12.1 Å². The summed E-state index contributed by atoms with van der Waals surface area (Å²) < 4.78 is 42.2. The number of benzene rings is 1. The van der Waals surface area contributed by atoms with Crippen LogP contribution in [0.25, 0.3) is 0 Å². The molecule has 0 unspecified atom stereocenters. The van der Waals surface area contributed by atoms with Crippen molar-refractivity contribution in [2.75, 3.05) is 6.79 Å². The molecule has 0 heterocycles. The summed E-state index contributed by atoms with van der Waals surface area (Å²) in [4.78, 5) is -0.199. The smallest absolute Gasteiger partial charge is 0.326 e. The van der Waals surface area contributed by atoms with E-state index in [-0.39, 0.29) is 16.5 Å². The molecule has 1 aromatic carbocycles. The Labute approximate surface area is 105 Å². The maximum atomic E-state index is 11.8. The lowest BCUT2D eigenvalue weighted by Gasteiger charge is -2.09. The van der Waals surface area contributed by atoms with Gasteiger partial charge in [0.15, 0.2) is 6.79 Å². The van der Waals surface area contributed by atoms with Crippen LogP contribution in [0.4, 0.5) is 0 Å². The average molecular weight is 298 g/mol. The second-order valence-corrected chi connectivity index (χ2v) is 5.19. The van der Waals surface area contributed by atoms with Crippen molar-refractivity contribution in [2.24, 2.45) is 5.73 Å². The van der Waals surface area contributed by atoms with Crippen LogP contribution in [-0.4, -0.2) is 15.2 Å². The van der Waals surface area contributed by atoms with Gasteiger partial charge in [-0.1, -0.05) is 23.7 Å².